The van der Waals surface area contributed by atoms with Gasteiger partial charge in [0, 0.05) is 55.7 Å². The maximum atomic E-state index is 13.5. The quantitative estimate of drug-likeness (QED) is 0.355. The molecular formula is C32H36FN5O3. The third-order valence-corrected chi connectivity index (χ3v) is 7.74. The van der Waals surface area contributed by atoms with Gasteiger partial charge in [0.1, 0.15) is 5.82 Å². The zero-order valence-corrected chi connectivity index (χ0v) is 23.3. The summed E-state index contributed by atoms with van der Waals surface area (Å²) in [5.74, 6) is -0.623. The minimum atomic E-state index is -0.333. The van der Waals surface area contributed by atoms with Crippen LogP contribution in [-0.2, 0) is 11.3 Å². The van der Waals surface area contributed by atoms with E-state index in [1.54, 1.807) is 23.1 Å². The Morgan fingerprint density at radius 3 is 2.37 bits per heavy atom. The molecule has 1 aliphatic heterocycles. The van der Waals surface area contributed by atoms with Crippen LogP contribution in [0.25, 0.3) is 0 Å². The predicted molar refractivity (Wildman–Crippen MR) is 159 cm³/mol. The number of benzene rings is 3. The van der Waals surface area contributed by atoms with Gasteiger partial charge >= 0.3 is 6.03 Å². The fourth-order valence-corrected chi connectivity index (χ4v) is 5.15. The van der Waals surface area contributed by atoms with Gasteiger partial charge in [0.05, 0.1) is 5.56 Å². The number of nitrogens with one attached hydrogen (secondary N) is 3. The SMILES string of the molecule is Cc1cccc(NC(=O)N2CCCN(c3ccc(NC(=O)C4CCC4)cc3C(=O)NCc3ccc(F)cc3)CC2)c1. The van der Waals surface area contributed by atoms with E-state index in [9.17, 15) is 18.8 Å². The Labute approximate surface area is 239 Å². The molecule has 1 saturated carbocycles. The molecule has 0 spiro atoms. The van der Waals surface area contributed by atoms with E-state index in [-0.39, 0.29) is 36.1 Å². The van der Waals surface area contributed by atoms with Crippen molar-refractivity contribution in [3.05, 3.63) is 89.2 Å². The third kappa shape index (κ3) is 7.22. The van der Waals surface area contributed by atoms with Crippen molar-refractivity contribution in [1.82, 2.24) is 10.2 Å². The lowest BCUT2D eigenvalue weighted by atomic mass is 9.85. The molecule has 214 valence electrons. The number of halogens is 1. The van der Waals surface area contributed by atoms with Gasteiger partial charge in [-0.3, -0.25) is 9.59 Å². The minimum Gasteiger partial charge on any atom is -0.369 e. The molecule has 1 heterocycles. The summed E-state index contributed by atoms with van der Waals surface area (Å²) in [5.41, 5.74) is 4.37. The highest BCUT2D eigenvalue weighted by molar-refractivity contribution is 6.02. The van der Waals surface area contributed by atoms with Crippen molar-refractivity contribution in [2.24, 2.45) is 5.92 Å². The van der Waals surface area contributed by atoms with Crippen LogP contribution in [0.15, 0.2) is 66.7 Å². The summed E-state index contributed by atoms with van der Waals surface area (Å²) in [4.78, 5) is 43.0. The number of hydrogen-bond acceptors (Lipinski definition) is 4. The molecular weight excluding hydrogens is 521 g/mol. The Kier molecular flexibility index (Phi) is 8.82. The van der Waals surface area contributed by atoms with E-state index in [1.165, 1.54) is 12.1 Å². The fraction of sp³-hybridized carbons (Fsp3) is 0.344. The van der Waals surface area contributed by atoms with Crippen molar-refractivity contribution in [2.75, 3.05) is 41.7 Å². The van der Waals surface area contributed by atoms with Crippen LogP contribution in [0.4, 0.5) is 26.2 Å². The van der Waals surface area contributed by atoms with Gasteiger partial charge in [0.2, 0.25) is 5.91 Å². The second-order valence-electron chi connectivity index (χ2n) is 10.8. The van der Waals surface area contributed by atoms with Crippen molar-refractivity contribution < 1.29 is 18.8 Å². The first kappa shape index (κ1) is 28.1. The molecule has 1 saturated heterocycles. The van der Waals surface area contributed by atoms with Crippen LogP contribution in [0, 0.1) is 18.7 Å². The van der Waals surface area contributed by atoms with Gasteiger partial charge in [-0.25, -0.2) is 9.18 Å². The Balaban J connectivity index is 1.31. The first-order chi connectivity index (χ1) is 19.9. The summed E-state index contributed by atoms with van der Waals surface area (Å²) in [7, 11) is 0. The number of anilines is 3. The Morgan fingerprint density at radius 2 is 1.63 bits per heavy atom. The average Bonchev–Trinajstić information content (AvgIpc) is 3.18. The lowest BCUT2D eigenvalue weighted by molar-refractivity contribution is -0.122. The molecule has 41 heavy (non-hydrogen) atoms. The standard InChI is InChI=1S/C32H36FN5O3/c1-22-5-2-8-26(19-22)36-32(41)38-16-4-15-37(17-18-38)29-14-13-27(35-30(39)24-6-3-7-24)20-28(29)31(40)34-21-23-9-11-25(33)12-10-23/h2,5,8-14,19-20,24H,3-4,6-7,15-18,21H2,1H3,(H,34,40)(H,35,39)(H,36,41). The number of urea groups is 1. The summed E-state index contributed by atoms with van der Waals surface area (Å²) in [6.45, 7) is 4.53. The Hall–Kier alpha value is -4.40. The zero-order chi connectivity index (χ0) is 28.8. The van der Waals surface area contributed by atoms with Gasteiger partial charge in [-0.15, -0.1) is 0 Å². The number of amides is 4. The lowest BCUT2D eigenvalue weighted by Crippen LogP contribution is -2.38. The Bertz CT molecular complexity index is 1410. The number of nitrogens with zero attached hydrogens (tertiary/aromatic N) is 2. The second kappa shape index (κ2) is 12.8. The predicted octanol–water partition coefficient (Wildman–Crippen LogP) is 5.55. The summed E-state index contributed by atoms with van der Waals surface area (Å²) < 4.78 is 13.3. The van der Waals surface area contributed by atoms with E-state index >= 15 is 0 Å². The van der Waals surface area contributed by atoms with Crippen molar-refractivity contribution in [1.29, 1.82) is 0 Å². The van der Waals surface area contributed by atoms with Crippen LogP contribution in [0.1, 0.15) is 47.2 Å². The smallest absolute Gasteiger partial charge is 0.321 e. The number of hydrogen-bond donors (Lipinski definition) is 3. The zero-order valence-electron chi connectivity index (χ0n) is 23.3. The summed E-state index contributed by atoms with van der Waals surface area (Å²) in [5, 5.41) is 8.89. The molecule has 0 bridgehead atoms. The van der Waals surface area contributed by atoms with Gasteiger partial charge in [0.25, 0.3) is 5.91 Å². The molecule has 3 aromatic carbocycles. The summed E-state index contributed by atoms with van der Waals surface area (Å²) in [6.07, 6.45) is 3.56. The topological polar surface area (TPSA) is 93.8 Å². The second-order valence-corrected chi connectivity index (χ2v) is 10.8. The highest BCUT2D eigenvalue weighted by Crippen LogP contribution is 2.30. The van der Waals surface area contributed by atoms with Crippen molar-refractivity contribution >= 4 is 34.9 Å². The van der Waals surface area contributed by atoms with Crippen LogP contribution in [0.3, 0.4) is 0 Å². The van der Waals surface area contributed by atoms with Crippen LogP contribution in [0.5, 0.6) is 0 Å². The molecule has 0 radical (unpaired) electrons. The lowest BCUT2D eigenvalue weighted by Gasteiger charge is -2.27. The molecule has 1 aliphatic carbocycles. The van der Waals surface area contributed by atoms with Crippen molar-refractivity contribution in [3.63, 3.8) is 0 Å². The average molecular weight is 558 g/mol. The largest absolute Gasteiger partial charge is 0.369 e. The molecule has 0 unspecified atom stereocenters. The molecule has 9 heteroatoms. The van der Waals surface area contributed by atoms with Crippen molar-refractivity contribution in [2.45, 2.75) is 39.2 Å². The number of aryl methyl sites for hydroxylation is 1. The molecule has 0 aromatic heterocycles. The molecule has 5 rings (SSSR count). The van der Waals surface area contributed by atoms with Crippen LogP contribution < -0.4 is 20.9 Å². The molecule has 8 nitrogen and oxygen atoms in total. The number of carbonyl (C=O) groups is 3. The molecule has 3 aromatic rings. The number of rotatable bonds is 7. The van der Waals surface area contributed by atoms with Gasteiger partial charge < -0.3 is 25.8 Å². The van der Waals surface area contributed by atoms with Gasteiger partial charge in [-0.1, -0.05) is 30.7 Å². The highest BCUT2D eigenvalue weighted by atomic mass is 19.1. The Morgan fingerprint density at radius 1 is 0.854 bits per heavy atom. The molecule has 3 N–H and O–H groups in total. The van der Waals surface area contributed by atoms with E-state index in [0.29, 0.717) is 37.4 Å². The van der Waals surface area contributed by atoms with E-state index in [1.807, 2.05) is 43.3 Å². The van der Waals surface area contributed by atoms with E-state index in [0.717, 1.165) is 48.2 Å². The van der Waals surface area contributed by atoms with Gasteiger partial charge in [0.15, 0.2) is 0 Å². The fourth-order valence-electron chi connectivity index (χ4n) is 5.15. The van der Waals surface area contributed by atoms with E-state index in [2.05, 4.69) is 20.9 Å². The van der Waals surface area contributed by atoms with Crippen LogP contribution in [-0.4, -0.2) is 48.9 Å². The van der Waals surface area contributed by atoms with Crippen molar-refractivity contribution in [3.8, 4) is 0 Å². The van der Waals surface area contributed by atoms with E-state index < -0.39 is 0 Å². The maximum Gasteiger partial charge on any atom is 0.321 e. The molecule has 0 atom stereocenters. The molecule has 2 fully saturated rings. The van der Waals surface area contributed by atoms with Gasteiger partial charge in [-0.2, -0.15) is 0 Å². The minimum absolute atomic E-state index is 0.0213. The monoisotopic (exact) mass is 557 g/mol. The molecule has 2 aliphatic rings. The normalized spacial score (nSPS) is 15.5. The molecule has 4 amide bonds. The first-order valence-electron chi connectivity index (χ1n) is 14.2. The summed E-state index contributed by atoms with van der Waals surface area (Å²) >= 11 is 0. The van der Waals surface area contributed by atoms with Gasteiger partial charge in [-0.05, 0) is 79.8 Å². The maximum absolute atomic E-state index is 13.5. The first-order valence-corrected chi connectivity index (χ1v) is 14.2. The van der Waals surface area contributed by atoms with E-state index in [4.69, 9.17) is 0 Å². The number of carbonyl (C=O) groups excluding carboxylic acids is 3. The van der Waals surface area contributed by atoms with Crippen LogP contribution >= 0.6 is 0 Å². The third-order valence-electron chi connectivity index (χ3n) is 7.74. The van der Waals surface area contributed by atoms with Crippen LogP contribution in [0.2, 0.25) is 0 Å². The summed E-state index contributed by atoms with van der Waals surface area (Å²) in [6, 6.07) is 19.0. The highest BCUT2D eigenvalue weighted by Gasteiger charge is 2.27.